The lowest BCUT2D eigenvalue weighted by Crippen LogP contribution is -2.31. The Bertz CT molecular complexity index is 70.8. The molecule has 1 aliphatic heterocycles. The summed E-state index contributed by atoms with van der Waals surface area (Å²) in [6, 6.07) is 0.256. The van der Waals surface area contributed by atoms with E-state index in [1.54, 1.807) is 0 Å². The van der Waals surface area contributed by atoms with Crippen LogP contribution in [0.5, 0.6) is 0 Å². The molecule has 0 spiro atoms. The predicted molar refractivity (Wildman–Crippen MR) is 32.8 cm³/mol. The summed E-state index contributed by atoms with van der Waals surface area (Å²) in [6.45, 7) is 0.718. The van der Waals surface area contributed by atoms with Crippen molar-refractivity contribution in [1.29, 1.82) is 0 Å². The molecule has 1 fully saturated rings. The normalized spacial score (nSPS) is 39.8. The number of hydrogen-bond acceptors (Lipinski definition) is 2. The highest BCUT2D eigenvalue weighted by molar-refractivity contribution is 6.19. The van der Waals surface area contributed by atoms with Crippen LogP contribution in [0.2, 0.25) is 0 Å². The maximum atomic E-state index is 5.61. The molecular formula is C5H10ClNO. The van der Waals surface area contributed by atoms with Gasteiger partial charge in [0.1, 0.15) is 5.56 Å². The van der Waals surface area contributed by atoms with Crippen LogP contribution in [-0.2, 0) is 4.74 Å². The highest BCUT2D eigenvalue weighted by atomic mass is 35.5. The average molecular weight is 136 g/mol. The Hall–Kier alpha value is 0.210. The van der Waals surface area contributed by atoms with Crippen molar-refractivity contribution in [2.75, 3.05) is 6.61 Å². The van der Waals surface area contributed by atoms with E-state index < -0.39 is 0 Å². The Morgan fingerprint density at radius 2 is 2.38 bits per heavy atom. The Labute approximate surface area is 53.9 Å². The number of nitrogens with two attached hydrogens (primary N) is 1. The van der Waals surface area contributed by atoms with Gasteiger partial charge >= 0.3 is 0 Å². The first-order chi connectivity index (χ1) is 3.79. The van der Waals surface area contributed by atoms with Crippen molar-refractivity contribution in [3.05, 3.63) is 0 Å². The maximum absolute atomic E-state index is 5.61. The van der Waals surface area contributed by atoms with Crippen LogP contribution >= 0.6 is 11.6 Å². The lowest BCUT2D eigenvalue weighted by atomic mass is 10.1. The monoisotopic (exact) mass is 135 g/mol. The summed E-state index contributed by atoms with van der Waals surface area (Å²) in [5.41, 5.74) is 5.42. The average Bonchev–Trinajstić information content (AvgIpc) is 1.64. The van der Waals surface area contributed by atoms with Gasteiger partial charge in [0.25, 0.3) is 0 Å². The van der Waals surface area contributed by atoms with Crippen LogP contribution in [0.25, 0.3) is 0 Å². The Morgan fingerprint density at radius 3 is 2.75 bits per heavy atom. The van der Waals surface area contributed by atoms with Crippen molar-refractivity contribution in [2.24, 2.45) is 5.73 Å². The van der Waals surface area contributed by atoms with Crippen molar-refractivity contribution in [2.45, 2.75) is 24.4 Å². The molecule has 0 aromatic carbocycles. The minimum Gasteiger partial charge on any atom is -0.362 e. The zero-order valence-corrected chi connectivity index (χ0v) is 5.40. The van der Waals surface area contributed by atoms with E-state index in [1.165, 1.54) is 0 Å². The topological polar surface area (TPSA) is 35.2 Å². The standard InChI is InChI=1S/C5H10ClNO/c6-5-3-4(7)1-2-8-5/h4-5H,1-3,7H2. The first-order valence-corrected chi connectivity index (χ1v) is 3.24. The van der Waals surface area contributed by atoms with Gasteiger partial charge in [0.15, 0.2) is 0 Å². The fourth-order valence-electron chi connectivity index (χ4n) is 0.771. The molecule has 8 heavy (non-hydrogen) atoms. The van der Waals surface area contributed by atoms with E-state index in [1.807, 2.05) is 0 Å². The molecule has 2 unspecified atom stereocenters. The van der Waals surface area contributed by atoms with Crippen LogP contribution in [0.3, 0.4) is 0 Å². The molecule has 0 aliphatic carbocycles. The Balaban J connectivity index is 2.23. The molecule has 0 saturated carbocycles. The number of alkyl halides is 1. The zero-order valence-electron chi connectivity index (χ0n) is 4.64. The Morgan fingerprint density at radius 1 is 1.62 bits per heavy atom. The lowest BCUT2D eigenvalue weighted by molar-refractivity contribution is 0.0584. The molecule has 0 aromatic rings. The maximum Gasteiger partial charge on any atom is 0.132 e. The van der Waals surface area contributed by atoms with Gasteiger partial charge in [0, 0.05) is 12.5 Å². The molecule has 0 amide bonds. The minimum atomic E-state index is -0.140. The van der Waals surface area contributed by atoms with E-state index in [0.717, 1.165) is 19.4 Å². The van der Waals surface area contributed by atoms with E-state index in [9.17, 15) is 0 Å². The van der Waals surface area contributed by atoms with Gasteiger partial charge in [-0.15, -0.1) is 0 Å². The molecule has 0 aromatic heterocycles. The van der Waals surface area contributed by atoms with E-state index in [0.29, 0.717) is 0 Å². The molecule has 1 saturated heterocycles. The first-order valence-electron chi connectivity index (χ1n) is 2.80. The second-order valence-corrected chi connectivity index (χ2v) is 2.55. The van der Waals surface area contributed by atoms with Gasteiger partial charge in [-0.05, 0) is 6.42 Å². The number of hydrogen-bond donors (Lipinski definition) is 1. The molecule has 48 valence electrons. The number of halogens is 1. The quantitative estimate of drug-likeness (QED) is 0.496. The van der Waals surface area contributed by atoms with E-state index in [-0.39, 0.29) is 11.6 Å². The highest BCUT2D eigenvalue weighted by Gasteiger charge is 2.16. The van der Waals surface area contributed by atoms with Crippen LogP contribution in [0, 0.1) is 0 Å². The molecule has 2 nitrogen and oxygen atoms in total. The smallest absolute Gasteiger partial charge is 0.132 e. The highest BCUT2D eigenvalue weighted by Crippen LogP contribution is 2.14. The van der Waals surface area contributed by atoms with Gasteiger partial charge in [-0.2, -0.15) is 0 Å². The van der Waals surface area contributed by atoms with Crippen molar-refractivity contribution >= 4 is 11.6 Å². The summed E-state index contributed by atoms with van der Waals surface area (Å²) < 4.78 is 5.03. The first kappa shape index (κ1) is 6.33. The summed E-state index contributed by atoms with van der Waals surface area (Å²) in [7, 11) is 0. The van der Waals surface area contributed by atoms with Crippen molar-refractivity contribution < 1.29 is 4.74 Å². The molecule has 1 rings (SSSR count). The zero-order chi connectivity index (χ0) is 5.98. The van der Waals surface area contributed by atoms with Gasteiger partial charge in [0.05, 0.1) is 6.61 Å². The van der Waals surface area contributed by atoms with Crippen LogP contribution in [0.15, 0.2) is 0 Å². The summed E-state index contributed by atoms with van der Waals surface area (Å²) in [4.78, 5) is 0. The molecule has 0 bridgehead atoms. The number of rotatable bonds is 0. The van der Waals surface area contributed by atoms with E-state index in [2.05, 4.69) is 0 Å². The molecule has 0 radical (unpaired) electrons. The molecular weight excluding hydrogens is 126 g/mol. The van der Waals surface area contributed by atoms with Gasteiger partial charge in [0.2, 0.25) is 0 Å². The third kappa shape index (κ3) is 1.62. The predicted octanol–water partition coefficient (Wildman–Crippen LogP) is 0.689. The molecule has 3 heteroatoms. The summed E-state index contributed by atoms with van der Waals surface area (Å²) in [5.74, 6) is 0. The van der Waals surface area contributed by atoms with Crippen LogP contribution in [0.4, 0.5) is 0 Å². The second-order valence-electron chi connectivity index (χ2n) is 2.07. The van der Waals surface area contributed by atoms with Crippen LogP contribution < -0.4 is 5.73 Å². The SMILES string of the molecule is NC1CCOC(Cl)C1. The Kier molecular flexibility index (Phi) is 2.11. The van der Waals surface area contributed by atoms with Crippen molar-refractivity contribution in [1.82, 2.24) is 0 Å². The van der Waals surface area contributed by atoms with Crippen molar-refractivity contribution in [3.8, 4) is 0 Å². The number of ether oxygens (including phenoxy) is 1. The summed E-state index contributed by atoms with van der Waals surface area (Å²) in [6.07, 6.45) is 1.74. The van der Waals surface area contributed by atoms with Gasteiger partial charge in [-0.25, -0.2) is 0 Å². The molecule has 2 N–H and O–H groups in total. The molecule has 2 atom stereocenters. The second kappa shape index (κ2) is 2.67. The summed E-state index contributed by atoms with van der Waals surface area (Å²) in [5, 5.41) is 0. The van der Waals surface area contributed by atoms with Crippen LogP contribution in [0.1, 0.15) is 12.8 Å². The minimum absolute atomic E-state index is 0.140. The third-order valence-corrected chi connectivity index (χ3v) is 1.58. The summed E-state index contributed by atoms with van der Waals surface area (Å²) >= 11 is 5.61. The van der Waals surface area contributed by atoms with E-state index >= 15 is 0 Å². The third-order valence-electron chi connectivity index (χ3n) is 1.28. The van der Waals surface area contributed by atoms with Gasteiger partial charge in [-0.1, -0.05) is 11.6 Å². The van der Waals surface area contributed by atoms with Crippen molar-refractivity contribution in [3.63, 3.8) is 0 Å². The molecule has 1 aliphatic rings. The largest absolute Gasteiger partial charge is 0.362 e. The van der Waals surface area contributed by atoms with Gasteiger partial charge < -0.3 is 10.5 Å². The van der Waals surface area contributed by atoms with E-state index in [4.69, 9.17) is 22.1 Å². The van der Waals surface area contributed by atoms with Crippen LogP contribution in [-0.4, -0.2) is 18.2 Å². The lowest BCUT2D eigenvalue weighted by Gasteiger charge is -2.21. The van der Waals surface area contributed by atoms with Gasteiger partial charge in [-0.3, -0.25) is 0 Å². The fourth-order valence-corrected chi connectivity index (χ4v) is 1.09. The molecule has 1 heterocycles. The fraction of sp³-hybridized carbons (Fsp3) is 1.00.